The summed E-state index contributed by atoms with van der Waals surface area (Å²) in [6.45, 7) is 1.93. The summed E-state index contributed by atoms with van der Waals surface area (Å²) in [5.41, 5.74) is 0. The molecular weight excluding hydrogens is 127 g/mol. The summed E-state index contributed by atoms with van der Waals surface area (Å²) in [5, 5.41) is 7.57. The van der Waals surface area contributed by atoms with Crippen LogP contribution in [0.1, 0.15) is 6.92 Å². The minimum atomic E-state index is 0.250. The molecule has 0 fully saturated rings. The molecule has 0 rings (SSSR count). The van der Waals surface area contributed by atoms with E-state index in [9.17, 15) is 0 Å². The molecule has 3 heteroatoms. The molecule has 0 aromatic carbocycles. The first-order valence-corrected chi connectivity index (χ1v) is 1.96. The van der Waals surface area contributed by atoms with Crippen LogP contribution in [0.3, 0.4) is 0 Å². The third kappa shape index (κ3) is 301. The summed E-state index contributed by atoms with van der Waals surface area (Å²) >= 11 is 3.67. The monoisotopic (exact) mass is 135 g/mol. The molecule has 0 unspecified atom stereocenters. The fourth-order valence-electron chi connectivity index (χ4n) is 0. The Labute approximate surface area is 46.2 Å². The first kappa shape index (κ1) is 9.65. The normalized spacial score (nSPS) is 6.17. The van der Waals surface area contributed by atoms with Crippen LogP contribution in [-0.2, 0) is 19.7 Å². The van der Waals surface area contributed by atoms with Crippen molar-refractivity contribution < 1.29 is 24.8 Å². The molecule has 0 amide bonds. The second-order valence-electron chi connectivity index (χ2n) is 0.445. The Kier molecular flexibility index (Phi) is 29.1. The van der Waals surface area contributed by atoms with Gasteiger partial charge in [0.05, 0.1) is 0 Å². The van der Waals surface area contributed by atoms with Crippen molar-refractivity contribution in [1.29, 1.82) is 0 Å². The van der Waals surface area contributed by atoms with E-state index in [4.69, 9.17) is 5.11 Å². The molecule has 0 saturated carbocycles. The van der Waals surface area contributed by atoms with Crippen molar-refractivity contribution in [3.8, 4) is 0 Å². The molecule has 0 atom stereocenters. The van der Waals surface area contributed by atoms with Crippen molar-refractivity contribution in [2.75, 3.05) is 13.7 Å². The molecule has 2 nitrogen and oxygen atoms in total. The molecule has 0 saturated heterocycles. The van der Waals surface area contributed by atoms with Crippen LogP contribution in [0.25, 0.3) is 0 Å². The zero-order chi connectivity index (χ0) is 5.41. The van der Waals surface area contributed by atoms with Crippen LogP contribution in [0.15, 0.2) is 0 Å². The number of hydrogen-bond donors (Lipinski definition) is 1. The zero-order valence-corrected chi connectivity index (χ0v) is 4.87. The number of aliphatic hydroxyl groups excluding tert-OH is 1. The predicted octanol–water partition coefficient (Wildman–Crippen LogP) is 0.0932. The van der Waals surface area contributed by atoms with Gasteiger partial charge in [-0.15, -0.1) is 0 Å². The van der Waals surface area contributed by atoms with Crippen LogP contribution in [0.4, 0.5) is 0 Å². The van der Waals surface area contributed by atoms with Crippen molar-refractivity contribution in [3.63, 3.8) is 0 Å². The average molecular weight is 136 g/mol. The fraction of sp³-hybridized carbons (Fsp3) is 1.00. The summed E-state index contributed by atoms with van der Waals surface area (Å²) in [6, 6.07) is 0. The van der Waals surface area contributed by atoms with Crippen LogP contribution in [-0.4, -0.2) is 18.8 Å². The molecule has 6 heavy (non-hydrogen) atoms. The number of hydrogen-bond acceptors (Lipinski definition) is 2. The van der Waals surface area contributed by atoms with E-state index in [1.165, 1.54) is 7.11 Å². The van der Waals surface area contributed by atoms with Crippen LogP contribution in [0.5, 0.6) is 0 Å². The summed E-state index contributed by atoms with van der Waals surface area (Å²) in [4.78, 5) is 0. The summed E-state index contributed by atoms with van der Waals surface area (Å²) < 4.78 is 3.88. The Balaban J connectivity index is 0. The standard InChI is InChI=1S/C2H6O.CH3O.Ni/c1-2-3;1-2;/h3H,2H2,1H3;1H3;/q;-1;+1. The van der Waals surface area contributed by atoms with Crippen molar-refractivity contribution in [1.82, 2.24) is 0 Å². The Morgan fingerprint density at radius 2 is 1.83 bits per heavy atom. The van der Waals surface area contributed by atoms with Crippen molar-refractivity contribution >= 4 is 0 Å². The van der Waals surface area contributed by atoms with Gasteiger partial charge in [-0.2, -0.15) is 0 Å². The van der Waals surface area contributed by atoms with Gasteiger partial charge in [-0.3, -0.25) is 0 Å². The van der Waals surface area contributed by atoms with Crippen molar-refractivity contribution in [2.24, 2.45) is 0 Å². The van der Waals surface area contributed by atoms with Crippen LogP contribution < -0.4 is 0 Å². The summed E-state index contributed by atoms with van der Waals surface area (Å²) in [7, 11) is 1.46. The van der Waals surface area contributed by atoms with Gasteiger partial charge in [-0.1, -0.05) is 0 Å². The molecule has 0 aromatic rings. The number of rotatable bonds is 0. The van der Waals surface area contributed by atoms with Gasteiger partial charge < -0.3 is 5.11 Å². The van der Waals surface area contributed by atoms with Gasteiger partial charge in [0, 0.05) is 6.61 Å². The fourth-order valence-corrected chi connectivity index (χ4v) is 0. The van der Waals surface area contributed by atoms with E-state index in [1.807, 2.05) is 0 Å². The molecule has 0 spiro atoms. The molecule has 0 radical (unpaired) electrons. The Morgan fingerprint density at radius 1 is 1.83 bits per heavy atom. The van der Waals surface area contributed by atoms with Crippen LogP contribution in [0.2, 0.25) is 0 Å². The Hall–Kier alpha value is 0.414. The second kappa shape index (κ2) is 18.1. The first-order chi connectivity index (χ1) is 2.83. The van der Waals surface area contributed by atoms with E-state index in [0.29, 0.717) is 0 Å². The molecule has 0 heterocycles. The minimum absolute atomic E-state index is 0.250. The van der Waals surface area contributed by atoms with Gasteiger partial charge in [0.25, 0.3) is 0 Å². The summed E-state index contributed by atoms with van der Waals surface area (Å²) in [6.07, 6.45) is 0. The third-order valence-corrected chi connectivity index (χ3v) is 0. The quantitative estimate of drug-likeness (QED) is 0.478. The number of aliphatic hydroxyl groups is 1. The molecule has 0 aliphatic rings. The van der Waals surface area contributed by atoms with Gasteiger partial charge in [-0.25, -0.2) is 0 Å². The molecule has 1 N–H and O–H groups in total. The van der Waals surface area contributed by atoms with Crippen LogP contribution in [0, 0.1) is 0 Å². The molecule has 43 valence electrons. The van der Waals surface area contributed by atoms with Gasteiger partial charge in [0.1, 0.15) is 0 Å². The molecular formula is C3H9NiO2. The Bertz CT molecular complexity index is 10.8. The van der Waals surface area contributed by atoms with E-state index in [1.54, 1.807) is 6.92 Å². The van der Waals surface area contributed by atoms with Crippen LogP contribution >= 0.6 is 0 Å². The van der Waals surface area contributed by atoms with E-state index in [2.05, 4.69) is 19.7 Å². The Morgan fingerprint density at radius 3 is 1.83 bits per heavy atom. The molecule has 0 aliphatic carbocycles. The predicted molar refractivity (Wildman–Crippen MR) is 19.8 cm³/mol. The topological polar surface area (TPSA) is 29.5 Å². The van der Waals surface area contributed by atoms with Gasteiger partial charge in [0.15, 0.2) is 0 Å². The van der Waals surface area contributed by atoms with Crippen molar-refractivity contribution in [2.45, 2.75) is 6.92 Å². The first-order valence-electron chi connectivity index (χ1n) is 1.56. The third-order valence-electron chi connectivity index (χ3n) is 0. The molecule has 0 bridgehead atoms. The van der Waals surface area contributed by atoms with E-state index < -0.39 is 0 Å². The van der Waals surface area contributed by atoms with E-state index in [-0.39, 0.29) is 6.61 Å². The zero-order valence-electron chi connectivity index (χ0n) is 3.88. The van der Waals surface area contributed by atoms with Crippen molar-refractivity contribution in [3.05, 3.63) is 0 Å². The maximum atomic E-state index is 7.57. The van der Waals surface area contributed by atoms with Gasteiger partial charge in [0.2, 0.25) is 0 Å². The average Bonchev–Trinajstić information content (AvgIpc) is 1.39. The molecule has 0 aromatic heterocycles. The van der Waals surface area contributed by atoms with Gasteiger partial charge >= 0.3 is 26.8 Å². The van der Waals surface area contributed by atoms with Gasteiger partial charge in [-0.05, 0) is 6.92 Å². The SMILES string of the molecule is CCO.C[O][Ni]. The summed E-state index contributed by atoms with van der Waals surface area (Å²) in [5.74, 6) is 0. The maximum absolute atomic E-state index is 7.57. The second-order valence-corrected chi connectivity index (χ2v) is 0.849. The van der Waals surface area contributed by atoms with E-state index >= 15 is 0 Å². The molecule has 0 aliphatic heterocycles. The van der Waals surface area contributed by atoms with E-state index in [0.717, 1.165) is 0 Å².